The van der Waals surface area contributed by atoms with Gasteiger partial charge in [-0.15, -0.1) is 0 Å². The first-order valence-corrected chi connectivity index (χ1v) is 6.17. The van der Waals surface area contributed by atoms with Gasteiger partial charge in [-0.25, -0.2) is 0 Å². The highest BCUT2D eigenvalue weighted by atomic mass is 14.5. The van der Waals surface area contributed by atoms with Crippen LogP contribution in [0.25, 0.3) is 0 Å². The van der Waals surface area contributed by atoms with Crippen molar-refractivity contribution in [3.05, 3.63) is 42.8 Å². The van der Waals surface area contributed by atoms with Gasteiger partial charge in [-0.05, 0) is 55.4 Å². The molecule has 1 aromatic rings. The highest BCUT2D eigenvalue weighted by Crippen LogP contribution is 2.61. The summed E-state index contributed by atoms with van der Waals surface area (Å²) in [5.41, 5.74) is 2.21. The fourth-order valence-electron chi connectivity index (χ4n) is 3.39. The van der Waals surface area contributed by atoms with Crippen LogP contribution in [0, 0.1) is 18.3 Å². The van der Waals surface area contributed by atoms with E-state index in [0.717, 1.165) is 11.3 Å². The average molecular weight is 199 g/mol. The third-order valence-electron chi connectivity index (χ3n) is 4.60. The lowest BCUT2D eigenvalue weighted by Crippen LogP contribution is -2.44. The summed E-state index contributed by atoms with van der Waals surface area (Å²) in [6.45, 7) is 4.35. The number of hydrogen-bond acceptors (Lipinski definition) is 0. The van der Waals surface area contributed by atoms with E-state index in [-0.39, 0.29) is 0 Å². The molecule has 2 fully saturated rings. The molecule has 1 spiro atoms. The highest BCUT2D eigenvalue weighted by molar-refractivity contribution is 5.23. The van der Waals surface area contributed by atoms with Gasteiger partial charge in [-0.3, -0.25) is 0 Å². The summed E-state index contributed by atoms with van der Waals surface area (Å²) in [6.07, 6.45) is 7.34. The molecule has 2 aliphatic rings. The van der Waals surface area contributed by atoms with Gasteiger partial charge in [-0.1, -0.05) is 36.8 Å². The van der Waals surface area contributed by atoms with Crippen LogP contribution in [0.4, 0.5) is 0 Å². The molecule has 1 aromatic carbocycles. The molecule has 0 saturated heterocycles. The monoisotopic (exact) mass is 199 g/mol. The lowest BCUT2D eigenvalue weighted by Gasteiger charge is -2.56. The Kier molecular flexibility index (Phi) is 2.12. The molecule has 0 heteroatoms. The van der Waals surface area contributed by atoms with E-state index in [9.17, 15) is 0 Å². The first-order valence-electron chi connectivity index (χ1n) is 6.17. The van der Waals surface area contributed by atoms with Crippen molar-refractivity contribution in [1.29, 1.82) is 0 Å². The van der Waals surface area contributed by atoms with Crippen molar-refractivity contribution >= 4 is 0 Å². The molecule has 0 aromatic heterocycles. The van der Waals surface area contributed by atoms with Crippen molar-refractivity contribution in [2.45, 2.75) is 38.0 Å². The van der Waals surface area contributed by atoms with Gasteiger partial charge in [0.25, 0.3) is 0 Å². The normalized spacial score (nSPS) is 25.7. The molecule has 79 valence electrons. The lowest BCUT2D eigenvalue weighted by molar-refractivity contribution is -0.0304. The van der Waals surface area contributed by atoms with E-state index in [1.807, 2.05) is 0 Å². The van der Waals surface area contributed by atoms with Crippen LogP contribution in [0.15, 0.2) is 30.3 Å². The molecule has 0 aliphatic heterocycles. The van der Waals surface area contributed by atoms with Crippen LogP contribution >= 0.6 is 0 Å². The first-order chi connectivity index (χ1) is 7.29. The Morgan fingerprint density at radius 3 is 2.33 bits per heavy atom. The van der Waals surface area contributed by atoms with E-state index in [4.69, 9.17) is 0 Å². The van der Waals surface area contributed by atoms with E-state index in [2.05, 4.69) is 37.3 Å². The molecule has 1 atom stereocenters. The van der Waals surface area contributed by atoms with Crippen molar-refractivity contribution in [3.8, 4) is 0 Å². The summed E-state index contributed by atoms with van der Waals surface area (Å²) in [7, 11) is 0. The van der Waals surface area contributed by atoms with Gasteiger partial charge in [0.2, 0.25) is 0 Å². The van der Waals surface area contributed by atoms with Crippen LogP contribution in [0.2, 0.25) is 0 Å². The van der Waals surface area contributed by atoms with Crippen molar-refractivity contribution < 1.29 is 0 Å². The molecule has 0 unspecified atom stereocenters. The molecule has 0 heterocycles. The van der Waals surface area contributed by atoms with Crippen molar-refractivity contribution in [2.24, 2.45) is 11.3 Å². The predicted octanol–water partition coefficient (Wildman–Crippen LogP) is 4.18. The predicted molar refractivity (Wildman–Crippen MR) is 63.5 cm³/mol. The Morgan fingerprint density at radius 2 is 1.80 bits per heavy atom. The fourth-order valence-corrected chi connectivity index (χ4v) is 3.39. The Hall–Kier alpha value is -0.780. The van der Waals surface area contributed by atoms with Gasteiger partial charge in [0.05, 0.1) is 0 Å². The maximum atomic E-state index is 4.35. The minimum absolute atomic E-state index is 0.525. The Balaban J connectivity index is 1.65. The second kappa shape index (κ2) is 3.37. The highest BCUT2D eigenvalue weighted by Gasteiger charge is 2.49. The maximum Gasteiger partial charge on any atom is -0.0133 e. The Bertz CT molecular complexity index is 326. The van der Waals surface area contributed by atoms with Crippen molar-refractivity contribution in [3.63, 3.8) is 0 Å². The van der Waals surface area contributed by atoms with E-state index in [0.29, 0.717) is 5.92 Å². The topological polar surface area (TPSA) is 0 Å². The zero-order valence-electron chi connectivity index (χ0n) is 9.28. The largest absolute Gasteiger partial charge is 0.0622 e. The average Bonchev–Trinajstić information content (AvgIpc) is 2.14. The quantitative estimate of drug-likeness (QED) is 0.670. The zero-order valence-corrected chi connectivity index (χ0v) is 9.28. The number of rotatable bonds is 2. The summed E-state index contributed by atoms with van der Waals surface area (Å²) >= 11 is 0. The maximum absolute atomic E-state index is 4.35. The minimum atomic E-state index is 0.525. The van der Waals surface area contributed by atoms with Crippen molar-refractivity contribution in [2.75, 3.05) is 0 Å². The second-order valence-corrected chi connectivity index (χ2v) is 5.54. The molecule has 2 aliphatic carbocycles. The number of benzene rings is 1. The molecule has 3 rings (SSSR count). The smallest absolute Gasteiger partial charge is 0.0133 e. The lowest BCUT2D eigenvalue weighted by atomic mass is 9.49. The molecule has 0 bridgehead atoms. The van der Waals surface area contributed by atoms with E-state index >= 15 is 0 Å². The number of hydrogen-bond donors (Lipinski definition) is 0. The Morgan fingerprint density at radius 1 is 1.13 bits per heavy atom. The van der Waals surface area contributed by atoms with Gasteiger partial charge in [0.1, 0.15) is 0 Å². The van der Waals surface area contributed by atoms with Gasteiger partial charge in [0.15, 0.2) is 0 Å². The first kappa shape index (κ1) is 9.45. The molecule has 0 amide bonds. The summed E-state index contributed by atoms with van der Waals surface area (Å²) in [5.74, 6) is 1.38. The molecule has 0 N–H and O–H groups in total. The van der Waals surface area contributed by atoms with E-state index in [1.165, 1.54) is 37.7 Å². The van der Waals surface area contributed by atoms with Gasteiger partial charge in [-0.2, -0.15) is 0 Å². The molecule has 1 radical (unpaired) electrons. The molecular weight excluding hydrogens is 180 g/mol. The summed E-state index contributed by atoms with van der Waals surface area (Å²) in [4.78, 5) is 0. The van der Waals surface area contributed by atoms with Crippen LogP contribution in [-0.2, 0) is 0 Å². The van der Waals surface area contributed by atoms with Gasteiger partial charge in [0, 0.05) is 0 Å². The summed E-state index contributed by atoms with van der Waals surface area (Å²) < 4.78 is 0. The van der Waals surface area contributed by atoms with Crippen LogP contribution in [0.1, 0.15) is 43.6 Å². The Labute approximate surface area is 92.7 Å². The molecule has 0 nitrogen and oxygen atoms in total. The molecule has 2 saturated carbocycles. The van der Waals surface area contributed by atoms with E-state index < -0.39 is 0 Å². The van der Waals surface area contributed by atoms with Crippen molar-refractivity contribution in [1.82, 2.24) is 0 Å². The zero-order chi connectivity index (χ0) is 10.3. The second-order valence-electron chi connectivity index (χ2n) is 5.54. The molecule has 15 heavy (non-hydrogen) atoms. The fraction of sp³-hybridized carbons (Fsp3) is 0.533. The van der Waals surface area contributed by atoms with E-state index in [1.54, 1.807) is 0 Å². The van der Waals surface area contributed by atoms with Crippen LogP contribution in [0.3, 0.4) is 0 Å². The molecular formula is C15H19. The third kappa shape index (κ3) is 1.51. The summed E-state index contributed by atoms with van der Waals surface area (Å²) in [6, 6.07) is 10.8. The SMILES string of the molecule is [CH2][C@H](c1ccccc1)C1CC2(CCC2)C1. The standard InChI is InChI=1S/C15H19/c1-12(13-6-3-2-4-7-13)14-10-15(11-14)8-5-9-15/h2-4,6-7,12,14H,1,5,8-11H2/t12-/m1/s1. The summed E-state index contributed by atoms with van der Waals surface area (Å²) in [5, 5.41) is 0. The van der Waals surface area contributed by atoms with Gasteiger partial charge >= 0.3 is 0 Å². The minimum Gasteiger partial charge on any atom is -0.0622 e. The van der Waals surface area contributed by atoms with Crippen LogP contribution < -0.4 is 0 Å². The van der Waals surface area contributed by atoms with Crippen LogP contribution in [-0.4, -0.2) is 0 Å². The third-order valence-corrected chi connectivity index (χ3v) is 4.60. The van der Waals surface area contributed by atoms with Gasteiger partial charge < -0.3 is 0 Å². The van der Waals surface area contributed by atoms with Crippen LogP contribution in [0.5, 0.6) is 0 Å².